The number of benzene rings is 2. The molecular formula is C57H75ClN10O16S6. The Morgan fingerprint density at radius 2 is 1.07 bits per heavy atom. The molecule has 2 aliphatic rings. The highest BCUT2D eigenvalue weighted by molar-refractivity contribution is 7.92. The summed E-state index contributed by atoms with van der Waals surface area (Å²) >= 11 is 7.75. The monoisotopic (exact) mass is 1380 g/mol. The van der Waals surface area contributed by atoms with Crippen LogP contribution in [0.15, 0.2) is 99.6 Å². The van der Waals surface area contributed by atoms with Crippen molar-refractivity contribution in [3.8, 4) is 32.6 Å². The summed E-state index contributed by atoms with van der Waals surface area (Å²) in [6, 6.07) is 14.5. The summed E-state index contributed by atoms with van der Waals surface area (Å²) < 4.78 is 124. The summed E-state index contributed by atoms with van der Waals surface area (Å²) in [6.07, 6.45) is 3.00. The third-order valence-corrected chi connectivity index (χ3v) is 18.8. The topological polar surface area (TPSA) is 363 Å². The molecule has 90 heavy (non-hydrogen) atoms. The molecule has 0 spiro atoms. The van der Waals surface area contributed by atoms with Gasteiger partial charge in [-0.2, -0.15) is 27.0 Å². The molecule has 6 heterocycles. The predicted molar refractivity (Wildman–Crippen MR) is 352 cm³/mol. The number of alkyl halides is 1. The van der Waals surface area contributed by atoms with Crippen LogP contribution in [-0.2, 0) is 72.2 Å². The van der Waals surface area contributed by atoms with E-state index in [1.54, 1.807) is 76.6 Å². The number of aromatic hydroxyl groups is 2. The van der Waals surface area contributed by atoms with Crippen LogP contribution in [0.2, 0.25) is 0 Å². The fourth-order valence-corrected chi connectivity index (χ4v) is 12.9. The minimum Gasteiger partial charge on any atom is -0.505 e. The van der Waals surface area contributed by atoms with Gasteiger partial charge in [0.1, 0.15) is 32.3 Å². The lowest BCUT2D eigenvalue weighted by atomic mass is 9.92. The second-order valence-electron chi connectivity index (χ2n) is 24.8. The normalized spacial score (nSPS) is 14.3. The molecule has 8 rings (SSSR count). The number of aryl methyl sites for hydroxylation is 2. The summed E-state index contributed by atoms with van der Waals surface area (Å²) in [4.78, 5) is 50.6. The molecule has 5 N–H and O–H groups in total. The van der Waals surface area contributed by atoms with Gasteiger partial charge in [0.25, 0.3) is 31.2 Å². The molecule has 0 unspecified atom stereocenters. The molecule has 0 saturated carbocycles. The first-order valence-corrected chi connectivity index (χ1v) is 35.9. The van der Waals surface area contributed by atoms with Gasteiger partial charge in [-0.3, -0.25) is 23.9 Å². The van der Waals surface area contributed by atoms with Crippen molar-refractivity contribution in [3.63, 3.8) is 0 Å². The zero-order chi connectivity index (χ0) is 66.8. The van der Waals surface area contributed by atoms with Crippen molar-refractivity contribution in [1.82, 2.24) is 19.6 Å². The number of hydrogen-bond acceptors (Lipinski definition) is 22. The number of anilines is 4. The lowest BCUT2D eigenvalue weighted by Gasteiger charge is -2.26. The van der Waals surface area contributed by atoms with E-state index in [1.165, 1.54) is 56.3 Å². The number of rotatable bonds is 15. The van der Waals surface area contributed by atoms with Crippen molar-refractivity contribution in [3.05, 3.63) is 103 Å². The first-order valence-electron chi connectivity index (χ1n) is 27.0. The average molecular weight is 1380 g/mol. The zero-order valence-electron chi connectivity index (χ0n) is 51.2. The number of hydrogen-bond donors (Lipinski definition) is 5. The number of esters is 2. The number of nitrogens with one attached hydrogen (secondary N) is 3. The van der Waals surface area contributed by atoms with E-state index in [-0.39, 0.29) is 104 Å². The number of carbonyl (C=O) groups is 2. The zero-order valence-corrected chi connectivity index (χ0v) is 56.9. The van der Waals surface area contributed by atoms with Crippen LogP contribution in [0.1, 0.15) is 114 Å². The number of ether oxygens (including phenoxy) is 2. The molecule has 2 aromatic carbocycles. The molecule has 0 amide bonds. The molecular weight excluding hydrogens is 1310 g/mol. The third-order valence-electron chi connectivity index (χ3n) is 12.5. The number of amidine groups is 2. The van der Waals surface area contributed by atoms with Gasteiger partial charge < -0.3 is 30.3 Å². The Morgan fingerprint density at radius 3 is 1.42 bits per heavy atom. The van der Waals surface area contributed by atoms with Gasteiger partial charge in [0.2, 0.25) is 20.0 Å². The highest BCUT2D eigenvalue weighted by atomic mass is 35.5. The maximum Gasteiger partial charge on any atom is 0.312 e. The fourth-order valence-electron chi connectivity index (χ4n) is 7.81. The van der Waals surface area contributed by atoms with Crippen molar-refractivity contribution >= 4 is 121 Å². The summed E-state index contributed by atoms with van der Waals surface area (Å²) in [6.45, 7) is 22.0. The minimum atomic E-state index is -4.52. The Bertz CT molecular complexity index is 4330. The second-order valence-corrected chi connectivity index (χ2v) is 33.7. The second kappa shape index (κ2) is 27.7. The molecule has 4 aromatic heterocycles. The van der Waals surface area contributed by atoms with Crippen LogP contribution >= 0.6 is 34.3 Å². The molecule has 0 radical (unpaired) electrons. The summed E-state index contributed by atoms with van der Waals surface area (Å²) in [5.41, 5.74) is -3.47. The molecule has 2 aliphatic heterocycles. The van der Waals surface area contributed by atoms with Crippen LogP contribution in [0.3, 0.4) is 0 Å². The molecule has 0 atom stereocenters. The first-order chi connectivity index (χ1) is 40.8. The van der Waals surface area contributed by atoms with Gasteiger partial charge in [0, 0.05) is 18.8 Å². The van der Waals surface area contributed by atoms with E-state index in [0.717, 1.165) is 28.9 Å². The number of nitrogens with zero attached hydrogens (tertiary/aromatic N) is 7. The van der Waals surface area contributed by atoms with Crippen molar-refractivity contribution in [2.24, 2.45) is 30.5 Å². The number of aromatic nitrogens is 4. The molecule has 0 fully saturated rings. The first kappa shape index (κ1) is 73.5. The Kier molecular flexibility index (Phi) is 22.6. The molecule has 0 bridgehead atoms. The quantitative estimate of drug-likeness (QED) is 0.0363. The highest BCUT2D eigenvalue weighted by Gasteiger charge is 2.35. The maximum atomic E-state index is 13.6. The van der Waals surface area contributed by atoms with Gasteiger partial charge in [0.05, 0.1) is 50.2 Å². The van der Waals surface area contributed by atoms with E-state index in [0.29, 0.717) is 22.6 Å². The van der Waals surface area contributed by atoms with Crippen molar-refractivity contribution in [2.45, 2.75) is 126 Å². The number of halogens is 1. The summed E-state index contributed by atoms with van der Waals surface area (Å²) in [5.74, 6) is -2.70. The molecule has 6 aromatic rings. The Hall–Kier alpha value is -7.23. The van der Waals surface area contributed by atoms with Crippen molar-refractivity contribution in [1.29, 1.82) is 0 Å². The van der Waals surface area contributed by atoms with Crippen LogP contribution < -0.4 is 30.8 Å². The lowest BCUT2D eigenvalue weighted by molar-refractivity contribution is -0.152. The summed E-state index contributed by atoms with van der Waals surface area (Å²) in [7, 11) is -16.5. The van der Waals surface area contributed by atoms with Gasteiger partial charge >= 0.3 is 11.9 Å². The van der Waals surface area contributed by atoms with E-state index in [2.05, 4.69) is 39.1 Å². The average Bonchev–Trinajstić information content (AvgIpc) is 0.838. The van der Waals surface area contributed by atoms with E-state index >= 15 is 0 Å². The van der Waals surface area contributed by atoms with Gasteiger partial charge in [-0.15, -0.1) is 31.5 Å². The van der Waals surface area contributed by atoms with Crippen LogP contribution in [0.4, 0.5) is 22.7 Å². The minimum absolute atomic E-state index is 0. The third kappa shape index (κ3) is 18.7. The number of fused-ring (bicyclic) bond motifs is 2. The number of thiophene rings is 2. The van der Waals surface area contributed by atoms with Crippen LogP contribution in [0.25, 0.3) is 21.1 Å². The number of sulfonamides is 4. The molecule has 0 saturated heterocycles. The van der Waals surface area contributed by atoms with Crippen molar-refractivity contribution < 1.29 is 62.9 Å². The fraction of sp³-hybridized carbons (Fsp3) is 0.439. The molecule has 33 heteroatoms. The van der Waals surface area contributed by atoms with Gasteiger partial charge in [-0.1, -0.05) is 72.7 Å². The van der Waals surface area contributed by atoms with Crippen LogP contribution in [0, 0.1) is 21.7 Å². The standard InChI is InChI=1S/C28H35N5O8S3.C22H25N5O6S3.C6H11ClO2.CH4/c1-27(2,3)12-13-32-25(35)21(23(34)22(30-32)19-9-8-14-42-19)24-29-18-11-10-17(15-20(18)44(39,40)31-24)33(43(7,37)38)16-41-26(36)28(4,5)6;1-22(2,3)9-10-27-21(29)17(19(28)18(24-27)15-6-5-11-34-15)20-23-14-8-7-13(25-35(4,30)31)12-16(14)36(32,33)26-20;1-6(2,3)5(8)9-4-7;/h8-11,14-15,34H,12-13,16H2,1-7H3,(H,29,31);5-8,11-12,25,28H,9-10H2,1-4H3,(H,23,26);4H2,1-3H3;1H4. The lowest BCUT2D eigenvalue weighted by Crippen LogP contribution is -2.36. The highest BCUT2D eigenvalue weighted by Crippen LogP contribution is 2.39. The molecule has 492 valence electrons. The van der Waals surface area contributed by atoms with Crippen LogP contribution in [-0.4, -0.2) is 112 Å². The summed E-state index contributed by atoms with van der Waals surface area (Å²) in [5, 5.41) is 40.3. The van der Waals surface area contributed by atoms with E-state index in [4.69, 9.17) is 16.3 Å². The Labute approximate surface area is 537 Å². The Balaban J connectivity index is 0.000000289. The number of carbonyl (C=O) groups excluding carboxylic acids is 2. The van der Waals surface area contributed by atoms with Crippen LogP contribution in [0.5, 0.6) is 11.5 Å². The smallest absolute Gasteiger partial charge is 0.312 e. The van der Waals surface area contributed by atoms with E-state index in [1.807, 2.05) is 41.5 Å². The van der Waals surface area contributed by atoms with E-state index < -0.39 is 92.1 Å². The molecule has 0 aliphatic carbocycles. The Morgan fingerprint density at radius 1 is 0.656 bits per heavy atom. The maximum absolute atomic E-state index is 13.6. The SMILES string of the molecule is C.CC(C)(C)C(=O)OCCl.CC(C)(C)CCn1nc(-c2cccs2)c(O)c(C2=NS(=O)(=O)c3cc(N(COC(=O)C(C)(C)C)S(C)(=O)=O)ccc3N2)c1=O.CC(C)(C)CCn1nc(-c2cccs2)c(O)c(C2=NS(=O)(=O)c3cc(NS(C)(=O)=O)ccc3N2)c1=O. The predicted octanol–water partition coefficient (Wildman–Crippen LogP) is 9.44. The van der Waals surface area contributed by atoms with Crippen molar-refractivity contribution in [2.75, 3.05) is 45.0 Å². The van der Waals surface area contributed by atoms with Gasteiger partial charge in [0.15, 0.2) is 36.0 Å². The van der Waals surface area contributed by atoms with Gasteiger partial charge in [-0.05, 0) is 125 Å². The molecule has 26 nitrogen and oxygen atoms in total. The van der Waals surface area contributed by atoms with Gasteiger partial charge in [-0.25, -0.2) is 30.5 Å². The van der Waals surface area contributed by atoms with E-state index in [9.17, 15) is 63.1 Å². The largest absolute Gasteiger partial charge is 0.505 e.